The molecule has 0 saturated heterocycles. The Hall–Kier alpha value is -2.68. The van der Waals surface area contributed by atoms with Crippen LogP contribution in [0.2, 0.25) is 0 Å². The first-order valence-corrected chi connectivity index (χ1v) is 8.96. The van der Waals surface area contributed by atoms with E-state index in [1.54, 1.807) is 6.07 Å². The van der Waals surface area contributed by atoms with Crippen molar-refractivity contribution < 1.29 is 9.90 Å². The number of hydrogen-bond acceptors (Lipinski definition) is 2. The minimum absolute atomic E-state index is 0.0758. The zero-order valence-electron chi connectivity index (χ0n) is 16.0. The molecule has 3 nitrogen and oxygen atoms in total. The molecule has 0 fully saturated rings. The number of aromatic carboxylic acids is 1. The molecule has 3 heteroatoms. The Kier molecular flexibility index (Phi) is 4.57. The summed E-state index contributed by atoms with van der Waals surface area (Å²) in [7, 11) is 0. The number of carboxylic acids is 1. The van der Waals surface area contributed by atoms with E-state index in [1.165, 1.54) is 5.56 Å². The first kappa shape index (κ1) is 18.1. The third-order valence-electron chi connectivity index (χ3n) is 4.77. The van der Waals surface area contributed by atoms with Crippen molar-refractivity contribution >= 4 is 16.9 Å². The molecule has 134 valence electrons. The predicted octanol–water partition coefficient (Wildman–Crippen LogP) is 6.02. The maximum absolute atomic E-state index is 11.8. The number of para-hydroxylation sites is 1. The van der Waals surface area contributed by atoms with Crippen molar-refractivity contribution in [1.82, 2.24) is 4.98 Å². The number of pyridine rings is 1. The SMILES string of the molecule is CC(C)c1cccc2c(C(=O)O)cc(-c3ccc(C(C)(C)C)cc3)nc12. The van der Waals surface area contributed by atoms with Crippen molar-refractivity contribution in [3.05, 3.63) is 65.2 Å². The Bertz CT molecular complexity index is 964. The normalized spacial score (nSPS) is 11.9. The average molecular weight is 347 g/mol. The van der Waals surface area contributed by atoms with E-state index in [4.69, 9.17) is 4.98 Å². The summed E-state index contributed by atoms with van der Waals surface area (Å²) in [6.07, 6.45) is 0. The van der Waals surface area contributed by atoms with Crippen LogP contribution in [0.15, 0.2) is 48.5 Å². The topological polar surface area (TPSA) is 50.2 Å². The Morgan fingerprint density at radius 3 is 2.23 bits per heavy atom. The minimum atomic E-state index is -0.925. The van der Waals surface area contributed by atoms with Gasteiger partial charge in [-0.15, -0.1) is 0 Å². The van der Waals surface area contributed by atoms with Gasteiger partial charge in [-0.25, -0.2) is 9.78 Å². The van der Waals surface area contributed by atoms with Crippen LogP contribution in [0.25, 0.3) is 22.2 Å². The van der Waals surface area contributed by atoms with Gasteiger partial charge in [0.05, 0.1) is 16.8 Å². The Morgan fingerprint density at radius 2 is 1.69 bits per heavy atom. The van der Waals surface area contributed by atoms with Crippen molar-refractivity contribution in [2.45, 2.75) is 46.0 Å². The molecule has 2 aromatic carbocycles. The molecule has 0 amide bonds. The fraction of sp³-hybridized carbons (Fsp3) is 0.304. The van der Waals surface area contributed by atoms with Gasteiger partial charge in [-0.3, -0.25) is 0 Å². The van der Waals surface area contributed by atoms with Crippen LogP contribution in [0.3, 0.4) is 0 Å². The number of hydrogen-bond donors (Lipinski definition) is 1. The van der Waals surface area contributed by atoms with Crippen LogP contribution in [-0.4, -0.2) is 16.1 Å². The smallest absolute Gasteiger partial charge is 0.336 e. The van der Waals surface area contributed by atoms with Crippen molar-refractivity contribution in [3.63, 3.8) is 0 Å². The Balaban J connectivity index is 2.23. The second-order valence-corrected chi connectivity index (χ2v) is 8.09. The predicted molar refractivity (Wildman–Crippen MR) is 107 cm³/mol. The van der Waals surface area contributed by atoms with Crippen LogP contribution in [0, 0.1) is 0 Å². The second-order valence-electron chi connectivity index (χ2n) is 8.09. The summed E-state index contributed by atoms with van der Waals surface area (Å²) in [4.78, 5) is 16.7. The van der Waals surface area contributed by atoms with Crippen molar-refractivity contribution in [2.24, 2.45) is 0 Å². The van der Waals surface area contributed by atoms with Crippen molar-refractivity contribution in [1.29, 1.82) is 0 Å². The van der Waals surface area contributed by atoms with Gasteiger partial charge in [-0.2, -0.15) is 0 Å². The molecule has 1 aromatic heterocycles. The molecule has 0 aliphatic heterocycles. The van der Waals surface area contributed by atoms with E-state index in [2.05, 4.69) is 46.8 Å². The van der Waals surface area contributed by atoms with Crippen LogP contribution >= 0.6 is 0 Å². The highest BCUT2D eigenvalue weighted by Crippen LogP contribution is 2.31. The number of nitrogens with zero attached hydrogens (tertiary/aromatic N) is 1. The van der Waals surface area contributed by atoms with Crippen molar-refractivity contribution in [3.8, 4) is 11.3 Å². The van der Waals surface area contributed by atoms with Crippen molar-refractivity contribution in [2.75, 3.05) is 0 Å². The standard InChI is InChI=1S/C23H25NO2/c1-14(2)17-7-6-8-18-19(22(25)26)13-20(24-21(17)18)15-9-11-16(12-10-15)23(3,4)5/h6-14H,1-5H3,(H,25,26). The highest BCUT2D eigenvalue weighted by atomic mass is 16.4. The molecule has 0 atom stereocenters. The maximum atomic E-state index is 11.8. The van der Waals surface area contributed by atoms with E-state index in [0.29, 0.717) is 16.6 Å². The van der Waals surface area contributed by atoms with Crippen LogP contribution in [0.1, 0.15) is 62.0 Å². The molecule has 0 aliphatic carbocycles. The van der Waals surface area contributed by atoms with Gasteiger partial charge in [-0.05, 0) is 28.5 Å². The van der Waals surface area contributed by atoms with Gasteiger partial charge in [0.2, 0.25) is 0 Å². The van der Waals surface area contributed by atoms with Gasteiger partial charge >= 0.3 is 5.97 Å². The fourth-order valence-electron chi connectivity index (χ4n) is 3.20. The minimum Gasteiger partial charge on any atom is -0.478 e. The van der Waals surface area contributed by atoms with E-state index in [0.717, 1.165) is 16.6 Å². The van der Waals surface area contributed by atoms with Gasteiger partial charge in [-0.1, -0.05) is 77.1 Å². The summed E-state index contributed by atoms with van der Waals surface area (Å²) in [5.41, 5.74) is 5.09. The fourth-order valence-corrected chi connectivity index (χ4v) is 3.20. The number of rotatable bonds is 3. The number of carboxylic acid groups (broad SMARTS) is 1. The number of aromatic nitrogens is 1. The molecule has 3 rings (SSSR count). The lowest BCUT2D eigenvalue weighted by Gasteiger charge is -2.19. The summed E-state index contributed by atoms with van der Waals surface area (Å²) >= 11 is 0. The van der Waals surface area contributed by atoms with Crippen LogP contribution in [0.5, 0.6) is 0 Å². The first-order valence-electron chi connectivity index (χ1n) is 8.96. The van der Waals surface area contributed by atoms with Gasteiger partial charge in [0.1, 0.15) is 0 Å². The van der Waals surface area contributed by atoms with Gasteiger partial charge in [0.25, 0.3) is 0 Å². The quantitative estimate of drug-likeness (QED) is 0.630. The molecule has 0 aliphatic rings. The third-order valence-corrected chi connectivity index (χ3v) is 4.77. The second kappa shape index (κ2) is 6.56. The lowest BCUT2D eigenvalue weighted by Crippen LogP contribution is -2.10. The molecule has 1 heterocycles. The van der Waals surface area contributed by atoms with Crippen LogP contribution < -0.4 is 0 Å². The third kappa shape index (κ3) is 3.34. The molecule has 0 spiro atoms. The average Bonchev–Trinajstić information content (AvgIpc) is 2.59. The molecule has 0 radical (unpaired) electrons. The summed E-state index contributed by atoms with van der Waals surface area (Å²) in [5.74, 6) is -0.655. The maximum Gasteiger partial charge on any atom is 0.336 e. The van der Waals surface area contributed by atoms with Gasteiger partial charge in [0.15, 0.2) is 0 Å². The molecule has 26 heavy (non-hydrogen) atoms. The Labute approximate surface area is 154 Å². The van der Waals surface area contributed by atoms with E-state index in [1.807, 2.05) is 30.3 Å². The highest BCUT2D eigenvalue weighted by molar-refractivity contribution is 6.04. The zero-order chi connectivity index (χ0) is 19.1. The molecule has 0 unspecified atom stereocenters. The number of carbonyl (C=O) groups is 1. The molecular formula is C23H25NO2. The molecule has 3 aromatic rings. The van der Waals surface area contributed by atoms with Crippen LogP contribution in [0.4, 0.5) is 0 Å². The molecule has 0 saturated carbocycles. The van der Waals surface area contributed by atoms with Crippen LogP contribution in [-0.2, 0) is 5.41 Å². The zero-order valence-corrected chi connectivity index (χ0v) is 16.0. The number of fused-ring (bicyclic) bond motifs is 1. The summed E-state index contributed by atoms with van der Waals surface area (Å²) in [6.45, 7) is 10.7. The largest absolute Gasteiger partial charge is 0.478 e. The van der Waals surface area contributed by atoms with Gasteiger partial charge in [0, 0.05) is 10.9 Å². The summed E-state index contributed by atoms with van der Waals surface area (Å²) in [6, 6.07) is 15.7. The molecule has 0 bridgehead atoms. The lowest BCUT2D eigenvalue weighted by molar-refractivity contribution is 0.0699. The first-order chi connectivity index (χ1) is 12.2. The summed E-state index contributed by atoms with van der Waals surface area (Å²) < 4.78 is 0. The molecule has 1 N–H and O–H groups in total. The monoisotopic (exact) mass is 347 g/mol. The summed E-state index contributed by atoms with van der Waals surface area (Å²) in [5, 5.41) is 10.4. The highest BCUT2D eigenvalue weighted by Gasteiger charge is 2.17. The lowest BCUT2D eigenvalue weighted by atomic mass is 9.86. The Morgan fingerprint density at radius 1 is 1.04 bits per heavy atom. The van der Waals surface area contributed by atoms with E-state index in [-0.39, 0.29) is 11.3 Å². The number of benzene rings is 2. The van der Waals surface area contributed by atoms with E-state index < -0.39 is 5.97 Å². The van der Waals surface area contributed by atoms with Gasteiger partial charge < -0.3 is 5.11 Å². The molecular weight excluding hydrogens is 322 g/mol. The van der Waals surface area contributed by atoms with E-state index in [9.17, 15) is 9.90 Å². The van der Waals surface area contributed by atoms with E-state index >= 15 is 0 Å².